The first-order valence-electron chi connectivity index (χ1n) is 6.93. The first kappa shape index (κ1) is 12.4. The first-order chi connectivity index (χ1) is 9.11. The van der Waals surface area contributed by atoms with Crippen LogP contribution in [0.5, 0.6) is 0 Å². The molecule has 0 bridgehead atoms. The number of hydrogen-bond donors (Lipinski definition) is 0. The molecular weight excluding hydrogens is 240 g/mol. The van der Waals surface area contributed by atoms with Gasteiger partial charge in [-0.15, -0.1) is 0 Å². The minimum absolute atomic E-state index is 0.0671. The standard InChI is InChI=1S/C16H18O3/c1-16-8-2-5-14(17)13(16)7-6-11(15(16)18)10-12-4-3-9-19-12/h3-4,9-10,13H,2,5-8H2,1H3/b11-10-/t13-,16+/m0/s1. The predicted octanol–water partition coefficient (Wildman–Crippen LogP) is 3.40. The summed E-state index contributed by atoms with van der Waals surface area (Å²) in [5.74, 6) is 1.07. The summed E-state index contributed by atoms with van der Waals surface area (Å²) in [6.07, 6.45) is 7.24. The van der Waals surface area contributed by atoms with Crippen LogP contribution in [-0.4, -0.2) is 11.6 Å². The van der Waals surface area contributed by atoms with Crippen LogP contribution in [-0.2, 0) is 9.59 Å². The van der Waals surface area contributed by atoms with E-state index in [2.05, 4.69) is 0 Å². The lowest BCUT2D eigenvalue weighted by Gasteiger charge is -2.43. The number of carbonyl (C=O) groups is 2. The van der Waals surface area contributed by atoms with Gasteiger partial charge in [-0.3, -0.25) is 9.59 Å². The fourth-order valence-electron chi connectivity index (χ4n) is 3.55. The van der Waals surface area contributed by atoms with E-state index in [-0.39, 0.29) is 17.5 Å². The zero-order valence-electron chi connectivity index (χ0n) is 11.1. The molecule has 1 aromatic rings. The molecule has 0 unspecified atom stereocenters. The number of ketones is 2. The maximum atomic E-state index is 12.7. The van der Waals surface area contributed by atoms with Gasteiger partial charge in [0.15, 0.2) is 5.78 Å². The molecule has 2 atom stereocenters. The van der Waals surface area contributed by atoms with E-state index in [1.165, 1.54) is 0 Å². The van der Waals surface area contributed by atoms with E-state index < -0.39 is 5.41 Å². The molecule has 3 heteroatoms. The van der Waals surface area contributed by atoms with Gasteiger partial charge in [0, 0.05) is 17.8 Å². The van der Waals surface area contributed by atoms with Gasteiger partial charge in [0.1, 0.15) is 11.5 Å². The molecule has 3 nitrogen and oxygen atoms in total. The van der Waals surface area contributed by atoms with Crippen molar-refractivity contribution in [3.05, 3.63) is 29.7 Å². The molecule has 0 N–H and O–H groups in total. The minimum atomic E-state index is -0.480. The molecular formula is C16H18O3. The van der Waals surface area contributed by atoms with Crippen LogP contribution in [0.25, 0.3) is 6.08 Å². The summed E-state index contributed by atoms with van der Waals surface area (Å²) in [6, 6.07) is 3.66. The average molecular weight is 258 g/mol. The van der Waals surface area contributed by atoms with Crippen LogP contribution in [0.4, 0.5) is 0 Å². The van der Waals surface area contributed by atoms with E-state index in [9.17, 15) is 9.59 Å². The van der Waals surface area contributed by atoms with E-state index in [0.717, 1.165) is 24.8 Å². The molecule has 0 saturated heterocycles. The summed E-state index contributed by atoms with van der Waals surface area (Å²) >= 11 is 0. The van der Waals surface area contributed by atoms with Crippen LogP contribution >= 0.6 is 0 Å². The van der Waals surface area contributed by atoms with Gasteiger partial charge in [-0.05, 0) is 49.5 Å². The molecule has 0 radical (unpaired) electrons. The predicted molar refractivity (Wildman–Crippen MR) is 71.4 cm³/mol. The van der Waals surface area contributed by atoms with E-state index in [1.807, 2.05) is 25.1 Å². The molecule has 2 fully saturated rings. The third-order valence-electron chi connectivity index (χ3n) is 4.65. The van der Waals surface area contributed by atoms with Gasteiger partial charge >= 0.3 is 0 Å². The topological polar surface area (TPSA) is 47.3 Å². The molecule has 19 heavy (non-hydrogen) atoms. The Morgan fingerprint density at radius 3 is 2.95 bits per heavy atom. The average Bonchev–Trinajstić information content (AvgIpc) is 2.87. The molecule has 0 aromatic carbocycles. The number of Topliss-reactive ketones (excluding diaryl/α,β-unsaturated/α-hetero) is 2. The van der Waals surface area contributed by atoms with Crippen LogP contribution in [0.3, 0.4) is 0 Å². The molecule has 1 heterocycles. The monoisotopic (exact) mass is 258 g/mol. The number of fused-ring (bicyclic) bond motifs is 1. The number of carbonyl (C=O) groups excluding carboxylic acids is 2. The van der Waals surface area contributed by atoms with Crippen molar-refractivity contribution in [3.63, 3.8) is 0 Å². The lowest BCUT2D eigenvalue weighted by atomic mass is 9.58. The molecule has 100 valence electrons. The Morgan fingerprint density at radius 2 is 2.21 bits per heavy atom. The maximum absolute atomic E-state index is 12.7. The van der Waals surface area contributed by atoms with Crippen molar-refractivity contribution >= 4 is 17.6 Å². The number of allylic oxidation sites excluding steroid dienone is 1. The zero-order valence-corrected chi connectivity index (χ0v) is 11.1. The van der Waals surface area contributed by atoms with Gasteiger partial charge in [0.25, 0.3) is 0 Å². The van der Waals surface area contributed by atoms with Crippen molar-refractivity contribution in [2.75, 3.05) is 0 Å². The van der Waals surface area contributed by atoms with E-state index in [4.69, 9.17) is 4.42 Å². The number of furan rings is 1. The Labute approximate surface area is 112 Å². The van der Waals surface area contributed by atoms with Crippen molar-refractivity contribution in [1.82, 2.24) is 0 Å². The highest BCUT2D eigenvalue weighted by molar-refractivity contribution is 6.07. The van der Waals surface area contributed by atoms with Crippen molar-refractivity contribution in [3.8, 4) is 0 Å². The highest BCUT2D eigenvalue weighted by Gasteiger charge is 2.50. The summed E-state index contributed by atoms with van der Waals surface area (Å²) in [4.78, 5) is 24.7. The SMILES string of the molecule is C[C@@]12CCCC(=O)[C@@H]1CC/C(=C/c1ccco1)C2=O. The van der Waals surface area contributed by atoms with Gasteiger partial charge in [-0.2, -0.15) is 0 Å². The second-order valence-corrected chi connectivity index (χ2v) is 5.84. The third-order valence-corrected chi connectivity index (χ3v) is 4.65. The lowest BCUT2D eigenvalue weighted by molar-refractivity contribution is -0.142. The normalized spacial score (nSPS) is 33.5. The highest BCUT2D eigenvalue weighted by Crippen LogP contribution is 2.48. The van der Waals surface area contributed by atoms with Gasteiger partial charge in [0.05, 0.1) is 6.26 Å². The van der Waals surface area contributed by atoms with Crippen LogP contribution in [0.1, 0.15) is 44.8 Å². The molecule has 2 saturated carbocycles. The van der Waals surface area contributed by atoms with Gasteiger partial charge in [0.2, 0.25) is 0 Å². The van der Waals surface area contributed by atoms with Gasteiger partial charge in [-0.25, -0.2) is 0 Å². The highest BCUT2D eigenvalue weighted by atomic mass is 16.3. The fourth-order valence-corrected chi connectivity index (χ4v) is 3.55. The zero-order chi connectivity index (χ0) is 13.5. The van der Waals surface area contributed by atoms with Gasteiger partial charge in [-0.1, -0.05) is 6.92 Å². The molecule has 1 aromatic heterocycles. The Balaban J connectivity index is 1.93. The number of hydrogen-bond acceptors (Lipinski definition) is 3. The molecule has 2 aliphatic rings. The van der Waals surface area contributed by atoms with E-state index >= 15 is 0 Å². The summed E-state index contributed by atoms with van der Waals surface area (Å²) < 4.78 is 5.28. The van der Waals surface area contributed by atoms with Crippen molar-refractivity contribution < 1.29 is 14.0 Å². The smallest absolute Gasteiger partial charge is 0.165 e. The largest absolute Gasteiger partial charge is 0.465 e. The third kappa shape index (κ3) is 1.97. The first-order valence-corrected chi connectivity index (χ1v) is 6.93. The van der Waals surface area contributed by atoms with Crippen LogP contribution in [0.2, 0.25) is 0 Å². The Hall–Kier alpha value is -1.64. The summed E-state index contributed by atoms with van der Waals surface area (Å²) in [6.45, 7) is 1.96. The Kier molecular flexibility index (Phi) is 2.92. The lowest BCUT2D eigenvalue weighted by Crippen LogP contribution is -2.46. The summed E-state index contributed by atoms with van der Waals surface area (Å²) in [5, 5.41) is 0. The molecule has 3 rings (SSSR count). The van der Waals surface area contributed by atoms with Crippen molar-refractivity contribution in [2.45, 2.75) is 39.0 Å². The summed E-state index contributed by atoms with van der Waals surface area (Å²) in [7, 11) is 0. The molecule has 0 aliphatic heterocycles. The molecule has 2 aliphatic carbocycles. The van der Waals surface area contributed by atoms with Crippen molar-refractivity contribution in [2.24, 2.45) is 11.3 Å². The van der Waals surface area contributed by atoms with E-state index in [0.29, 0.717) is 18.6 Å². The van der Waals surface area contributed by atoms with Crippen LogP contribution in [0.15, 0.2) is 28.4 Å². The van der Waals surface area contributed by atoms with Gasteiger partial charge < -0.3 is 4.42 Å². The maximum Gasteiger partial charge on any atom is 0.165 e. The van der Waals surface area contributed by atoms with Crippen LogP contribution in [0, 0.1) is 11.3 Å². The molecule has 0 amide bonds. The van der Waals surface area contributed by atoms with E-state index in [1.54, 1.807) is 6.26 Å². The Morgan fingerprint density at radius 1 is 1.37 bits per heavy atom. The minimum Gasteiger partial charge on any atom is -0.465 e. The number of rotatable bonds is 1. The second-order valence-electron chi connectivity index (χ2n) is 5.84. The van der Waals surface area contributed by atoms with Crippen molar-refractivity contribution in [1.29, 1.82) is 0 Å². The molecule has 0 spiro atoms. The quantitative estimate of drug-likeness (QED) is 0.725. The van der Waals surface area contributed by atoms with Crippen LogP contribution < -0.4 is 0 Å². The Bertz CT molecular complexity index is 538. The fraction of sp³-hybridized carbons (Fsp3) is 0.500. The second kappa shape index (κ2) is 4.48. The summed E-state index contributed by atoms with van der Waals surface area (Å²) in [5.41, 5.74) is 0.329.